The second-order valence-electron chi connectivity index (χ2n) is 4.57. The Labute approximate surface area is 117 Å². The highest BCUT2D eigenvalue weighted by Crippen LogP contribution is 2.24. The summed E-state index contributed by atoms with van der Waals surface area (Å²) in [5.41, 5.74) is 1.06. The van der Waals surface area contributed by atoms with E-state index in [-0.39, 0.29) is 0 Å². The van der Waals surface area contributed by atoms with E-state index in [0.717, 1.165) is 47.8 Å². The van der Waals surface area contributed by atoms with Gasteiger partial charge in [-0.2, -0.15) is 0 Å². The maximum absolute atomic E-state index is 6.12. The highest BCUT2D eigenvalue weighted by Gasteiger charge is 2.18. The zero-order valence-electron chi connectivity index (χ0n) is 9.56. The van der Waals surface area contributed by atoms with Gasteiger partial charge in [0.2, 0.25) is 0 Å². The molecule has 0 spiro atoms. The molecule has 0 unspecified atom stereocenters. The van der Waals surface area contributed by atoms with Crippen LogP contribution in [0.4, 0.5) is 0 Å². The Hall–Kier alpha value is 0.0500. The maximum Gasteiger partial charge on any atom is 0.0451 e. The minimum absolute atomic E-state index is 0.364. The summed E-state index contributed by atoms with van der Waals surface area (Å²) in [5.74, 6) is 0. The zero-order valence-corrected chi connectivity index (χ0v) is 11.8. The van der Waals surface area contributed by atoms with E-state index < -0.39 is 0 Å². The molecule has 0 aromatic heterocycles. The van der Waals surface area contributed by atoms with Crippen LogP contribution in [-0.4, -0.2) is 11.4 Å². The van der Waals surface area contributed by atoms with Crippen LogP contribution in [0.3, 0.4) is 0 Å². The second-order valence-corrected chi connectivity index (χ2v) is 6.03. The quantitative estimate of drug-likeness (QED) is 0.801. The summed E-state index contributed by atoms with van der Waals surface area (Å²) in [4.78, 5) is 0. The zero-order chi connectivity index (χ0) is 12.3. The molecule has 94 valence electrons. The first-order valence-corrected chi connectivity index (χ1v) is 7.16. The van der Waals surface area contributed by atoms with Crippen molar-refractivity contribution in [2.24, 2.45) is 0 Å². The van der Waals surface area contributed by atoms with Gasteiger partial charge in [-0.15, -0.1) is 11.6 Å². The van der Waals surface area contributed by atoms with E-state index in [1.807, 2.05) is 18.2 Å². The Morgan fingerprint density at radius 1 is 1.12 bits per heavy atom. The van der Waals surface area contributed by atoms with Crippen LogP contribution < -0.4 is 5.32 Å². The predicted molar refractivity (Wildman–Crippen MR) is 75.2 cm³/mol. The minimum atomic E-state index is 0.364. The Bertz CT molecular complexity index is 373. The molecule has 0 atom stereocenters. The number of halogens is 3. The predicted octanol–water partition coefficient (Wildman–Crippen LogP) is 4.63. The summed E-state index contributed by atoms with van der Waals surface area (Å²) in [7, 11) is 0. The fraction of sp³-hybridized carbons (Fsp3) is 0.538. The fourth-order valence-electron chi connectivity index (χ4n) is 2.19. The Morgan fingerprint density at radius 2 is 1.82 bits per heavy atom. The minimum Gasteiger partial charge on any atom is -0.310 e. The Balaban J connectivity index is 1.87. The molecule has 1 nitrogen and oxygen atoms in total. The first-order valence-electron chi connectivity index (χ1n) is 5.96. The highest BCUT2D eigenvalue weighted by molar-refractivity contribution is 6.33. The molecule has 1 aliphatic carbocycles. The number of alkyl halides is 1. The largest absolute Gasteiger partial charge is 0.310 e. The van der Waals surface area contributed by atoms with Crippen molar-refractivity contribution >= 4 is 34.8 Å². The third-order valence-corrected chi connectivity index (χ3v) is 4.29. The molecular weight excluding hydrogens is 277 g/mol. The van der Waals surface area contributed by atoms with E-state index in [0.29, 0.717) is 11.4 Å². The van der Waals surface area contributed by atoms with Crippen LogP contribution in [0, 0.1) is 0 Å². The molecule has 1 fully saturated rings. The van der Waals surface area contributed by atoms with Gasteiger partial charge in [-0.1, -0.05) is 23.2 Å². The van der Waals surface area contributed by atoms with Gasteiger partial charge in [0, 0.05) is 28.0 Å². The number of benzene rings is 1. The third-order valence-electron chi connectivity index (χ3n) is 3.25. The molecule has 2 rings (SSSR count). The van der Waals surface area contributed by atoms with Crippen LogP contribution in [0.15, 0.2) is 18.2 Å². The van der Waals surface area contributed by atoms with Gasteiger partial charge in [-0.25, -0.2) is 0 Å². The second kappa shape index (κ2) is 6.29. The molecule has 0 heterocycles. The van der Waals surface area contributed by atoms with Gasteiger partial charge < -0.3 is 5.32 Å². The molecule has 0 saturated heterocycles. The number of rotatable bonds is 3. The molecule has 0 bridgehead atoms. The van der Waals surface area contributed by atoms with Crippen LogP contribution in [0.5, 0.6) is 0 Å². The van der Waals surface area contributed by atoms with Crippen molar-refractivity contribution in [1.82, 2.24) is 5.32 Å². The van der Waals surface area contributed by atoms with E-state index in [9.17, 15) is 0 Å². The van der Waals surface area contributed by atoms with Gasteiger partial charge in [0.25, 0.3) is 0 Å². The molecular formula is C13H16Cl3N. The first-order chi connectivity index (χ1) is 8.15. The standard InChI is InChI=1S/C13H16Cl3N/c14-10-1-4-12(5-2-10)17-8-9-7-11(15)3-6-13(9)16/h3,6-7,10,12,17H,1-2,4-5,8H2. The molecule has 0 radical (unpaired) electrons. The average Bonchev–Trinajstić information content (AvgIpc) is 2.32. The summed E-state index contributed by atoms with van der Waals surface area (Å²) >= 11 is 18.1. The van der Waals surface area contributed by atoms with Gasteiger partial charge in [-0.3, -0.25) is 0 Å². The third kappa shape index (κ3) is 4.03. The normalized spacial score (nSPS) is 24.9. The lowest BCUT2D eigenvalue weighted by Gasteiger charge is -2.26. The summed E-state index contributed by atoms with van der Waals surface area (Å²) in [6, 6.07) is 6.13. The number of hydrogen-bond acceptors (Lipinski definition) is 1. The fourth-order valence-corrected chi connectivity index (χ4v) is 2.82. The molecule has 1 aliphatic rings. The SMILES string of the molecule is Clc1ccc(Cl)c(CNC2CCC(Cl)CC2)c1. The van der Waals surface area contributed by atoms with E-state index in [1.165, 1.54) is 0 Å². The number of nitrogens with one attached hydrogen (secondary N) is 1. The highest BCUT2D eigenvalue weighted by atomic mass is 35.5. The van der Waals surface area contributed by atoms with Crippen molar-refractivity contribution in [3.05, 3.63) is 33.8 Å². The summed E-state index contributed by atoms with van der Waals surface area (Å²) in [6.45, 7) is 0.775. The van der Waals surface area contributed by atoms with Crippen molar-refractivity contribution < 1.29 is 0 Å². The monoisotopic (exact) mass is 291 g/mol. The topological polar surface area (TPSA) is 12.0 Å². The van der Waals surface area contributed by atoms with Crippen molar-refractivity contribution in [3.8, 4) is 0 Å². The van der Waals surface area contributed by atoms with Gasteiger partial charge in [0.05, 0.1) is 0 Å². The Kier molecular flexibility index (Phi) is 4.98. The lowest BCUT2D eigenvalue weighted by Crippen LogP contribution is -2.33. The average molecular weight is 293 g/mol. The van der Waals surface area contributed by atoms with Gasteiger partial charge in [0.1, 0.15) is 0 Å². The molecule has 4 heteroatoms. The molecule has 17 heavy (non-hydrogen) atoms. The lowest BCUT2D eigenvalue weighted by atomic mass is 9.95. The van der Waals surface area contributed by atoms with Crippen LogP contribution in [0.25, 0.3) is 0 Å². The maximum atomic E-state index is 6.12. The molecule has 1 saturated carbocycles. The summed E-state index contributed by atoms with van der Waals surface area (Å²) in [6.07, 6.45) is 4.49. The first kappa shape index (κ1) is 13.5. The van der Waals surface area contributed by atoms with Crippen molar-refractivity contribution in [2.45, 2.75) is 43.6 Å². The molecule has 0 amide bonds. The van der Waals surface area contributed by atoms with Crippen LogP contribution in [0.1, 0.15) is 31.2 Å². The van der Waals surface area contributed by atoms with Gasteiger partial charge in [0.15, 0.2) is 0 Å². The molecule has 1 aromatic rings. The van der Waals surface area contributed by atoms with Crippen LogP contribution in [-0.2, 0) is 6.54 Å². The van der Waals surface area contributed by atoms with Crippen molar-refractivity contribution in [3.63, 3.8) is 0 Å². The van der Waals surface area contributed by atoms with Crippen molar-refractivity contribution in [2.75, 3.05) is 0 Å². The van der Waals surface area contributed by atoms with E-state index in [4.69, 9.17) is 34.8 Å². The summed E-state index contributed by atoms with van der Waals surface area (Å²) < 4.78 is 0. The van der Waals surface area contributed by atoms with Crippen LogP contribution >= 0.6 is 34.8 Å². The smallest absolute Gasteiger partial charge is 0.0451 e. The van der Waals surface area contributed by atoms with Crippen molar-refractivity contribution in [1.29, 1.82) is 0 Å². The van der Waals surface area contributed by atoms with Gasteiger partial charge >= 0.3 is 0 Å². The van der Waals surface area contributed by atoms with E-state index >= 15 is 0 Å². The Morgan fingerprint density at radius 3 is 2.53 bits per heavy atom. The van der Waals surface area contributed by atoms with E-state index in [2.05, 4.69) is 5.32 Å². The van der Waals surface area contributed by atoms with E-state index in [1.54, 1.807) is 0 Å². The van der Waals surface area contributed by atoms with Gasteiger partial charge in [-0.05, 0) is 49.4 Å². The lowest BCUT2D eigenvalue weighted by molar-refractivity contribution is 0.376. The molecule has 1 N–H and O–H groups in total. The molecule has 1 aromatic carbocycles. The summed E-state index contributed by atoms with van der Waals surface area (Å²) in [5, 5.41) is 5.39. The number of hydrogen-bond donors (Lipinski definition) is 1. The van der Waals surface area contributed by atoms with Crippen LogP contribution in [0.2, 0.25) is 10.0 Å². The molecule has 0 aliphatic heterocycles.